The van der Waals surface area contributed by atoms with E-state index in [4.69, 9.17) is 4.74 Å². The van der Waals surface area contributed by atoms with E-state index in [1.165, 1.54) is 23.9 Å². The lowest BCUT2D eigenvalue weighted by Crippen LogP contribution is -2.27. The SMILES string of the molecule is COc1ccc(C(=O)Nc2ccc([C@H]3SCC(=O)N3c3cccc(F)c3)cc2)cc1. The van der Waals surface area contributed by atoms with Crippen LogP contribution in [0.1, 0.15) is 21.3 Å². The van der Waals surface area contributed by atoms with Crippen LogP contribution in [0.25, 0.3) is 0 Å². The number of amides is 2. The van der Waals surface area contributed by atoms with Crippen LogP contribution in [-0.2, 0) is 4.79 Å². The monoisotopic (exact) mass is 422 g/mol. The molecule has 3 aromatic carbocycles. The highest BCUT2D eigenvalue weighted by atomic mass is 32.2. The van der Waals surface area contributed by atoms with Gasteiger partial charge in [0.25, 0.3) is 5.91 Å². The maximum atomic E-state index is 13.6. The minimum atomic E-state index is -0.382. The molecular weight excluding hydrogens is 403 g/mol. The predicted octanol–water partition coefficient (Wildman–Crippen LogP) is 4.87. The fourth-order valence-corrected chi connectivity index (χ4v) is 4.43. The number of anilines is 2. The molecule has 1 saturated heterocycles. The molecule has 0 unspecified atom stereocenters. The van der Waals surface area contributed by atoms with Gasteiger partial charge in [-0.2, -0.15) is 0 Å². The molecule has 1 aliphatic rings. The summed E-state index contributed by atoms with van der Waals surface area (Å²) in [5.74, 6) is 0.344. The van der Waals surface area contributed by atoms with Crippen LogP contribution in [0.2, 0.25) is 0 Å². The van der Waals surface area contributed by atoms with E-state index in [-0.39, 0.29) is 23.0 Å². The predicted molar refractivity (Wildman–Crippen MR) is 116 cm³/mol. The van der Waals surface area contributed by atoms with Crippen molar-refractivity contribution in [1.29, 1.82) is 0 Å². The number of halogens is 1. The summed E-state index contributed by atoms with van der Waals surface area (Å²) in [7, 11) is 1.57. The highest BCUT2D eigenvalue weighted by Crippen LogP contribution is 2.42. The minimum absolute atomic E-state index is 0.0625. The fraction of sp³-hybridized carbons (Fsp3) is 0.130. The summed E-state index contributed by atoms with van der Waals surface area (Å²) in [5.41, 5.74) is 2.60. The first-order valence-corrected chi connectivity index (χ1v) is 10.3. The molecule has 4 rings (SSSR count). The summed E-state index contributed by atoms with van der Waals surface area (Å²) in [6.07, 6.45) is 0. The maximum Gasteiger partial charge on any atom is 0.255 e. The Bertz CT molecular complexity index is 1070. The number of ether oxygens (including phenoxy) is 1. The largest absolute Gasteiger partial charge is 0.497 e. The smallest absolute Gasteiger partial charge is 0.255 e. The van der Waals surface area contributed by atoms with Gasteiger partial charge in [-0.15, -0.1) is 11.8 Å². The Morgan fingerprint density at radius 1 is 1.10 bits per heavy atom. The molecule has 0 aromatic heterocycles. The zero-order valence-electron chi connectivity index (χ0n) is 16.2. The number of thioether (sulfide) groups is 1. The standard InChI is InChI=1S/C23H19FN2O3S/c1-29-20-11-7-15(8-12-20)22(28)25-18-9-5-16(6-10-18)23-26(21(27)14-30-23)19-4-2-3-17(24)13-19/h2-13,23H,14H2,1H3,(H,25,28)/t23-/m1/s1. The molecule has 0 bridgehead atoms. The van der Waals surface area contributed by atoms with E-state index in [0.717, 1.165) is 5.56 Å². The van der Waals surface area contributed by atoms with Crippen LogP contribution < -0.4 is 15.0 Å². The van der Waals surface area contributed by atoms with Crippen molar-refractivity contribution in [2.45, 2.75) is 5.37 Å². The van der Waals surface area contributed by atoms with Crippen molar-refractivity contribution < 1.29 is 18.7 Å². The second-order valence-corrected chi connectivity index (χ2v) is 7.78. The third-order valence-electron chi connectivity index (χ3n) is 4.76. The maximum absolute atomic E-state index is 13.6. The molecule has 1 aliphatic heterocycles. The Morgan fingerprint density at radius 3 is 2.50 bits per heavy atom. The number of carbonyl (C=O) groups excluding carboxylic acids is 2. The van der Waals surface area contributed by atoms with Gasteiger partial charge >= 0.3 is 0 Å². The van der Waals surface area contributed by atoms with Crippen LogP contribution in [0.3, 0.4) is 0 Å². The number of nitrogens with one attached hydrogen (secondary N) is 1. The van der Waals surface area contributed by atoms with E-state index >= 15 is 0 Å². The first kappa shape index (κ1) is 20.0. The summed E-state index contributed by atoms with van der Waals surface area (Å²) < 4.78 is 18.7. The summed E-state index contributed by atoms with van der Waals surface area (Å²) >= 11 is 1.49. The molecule has 2 amide bonds. The molecule has 1 N–H and O–H groups in total. The van der Waals surface area contributed by atoms with Crippen LogP contribution in [-0.4, -0.2) is 24.7 Å². The van der Waals surface area contributed by atoms with E-state index in [9.17, 15) is 14.0 Å². The Kier molecular flexibility index (Phi) is 5.72. The Hall–Kier alpha value is -3.32. The number of methoxy groups -OCH3 is 1. The fourth-order valence-electron chi connectivity index (χ4n) is 3.25. The summed E-state index contributed by atoms with van der Waals surface area (Å²) in [4.78, 5) is 26.4. The average Bonchev–Trinajstić information content (AvgIpc) is 3.15. The van der Waals surface area contributed by atoms with Gasteiger partial charge in [0.05, 0.1) is 12.9 Å². The van der Waals surface area contributed by atoms with Gasteiger partial charge in [0.15, 0.2) is 0 Å². The normalized spacial score (nSPS) is 15.9. The van der Waals surface area contributed by atoms with Gasteiger partial charge < -0.3 is 10.1 Å². The summed E-state index contributed by atoms with van der Waals surface area (Å²) in [5, 5.41) is 2.61. The first-order chi connectivity index (χ1) is 14.5. The Labute approximate surface area is 177 Å². The highest BCUT2D eigenvalue weighted by Gasteiger charge is 2.34. The van der Waals surface area contributed by atoms with Gasteiger partial charge in [0.1, 0.15) is 16.9 Å². The third kappa shape index (κ3) is 4.16. The number of hydrogen-bond donors (Lipinski definition) is 1. The van der Waals surface area contributed by atoms with Crippen LogP contribution in [0, 0.1) is 5.82 Å². The first-order valence-electron chi connectivity index (χ1n) is 9.30. The van der Waals surface area contributed by atoms with Crippen LogP contribution in [0.4, 0.5) is 15.8 Å². The molecule has 5 nitrogen and oxygen atoms in total. The number of hydrogen-bond acceptors (Lipinski definition) is 4. The molecular formula is C23H19FN2O3S. The molecule has 0 radical (unpaired) electrons. The van der Waals surface area contributed by atoms with E-state index in [1.807, 2.05) is 12.1 Å². The average molecular weight is 422 g/mol. The van der Waals surface area contributed by atoms with Crippen molar-refractivity contribution in [3.05, 3.63) is 89.7 Å². The van der Waals surface area contributed by atoms with Gasteiger partial charge in [-0.1, -0.05) is 18.2 Å². The van der Waals surface area contributed by atoms with E-state index < -0.39 is 0 Å². The second-order valence-electron chi connectivity index (χ2n) is 6.71. The van der Waals surface area contributed by atoms with Crippen molar-refractivity contribution >= 4 is 35.0 Å². The molecule has 0 spiro atoms. The molecule has 0 saturated carbocycles. The molecule has 1 heterocycles. The van der Waals surface area contributed by atoms with Crippen LogP contribution >= 0.6 is 11.8 Å². The Morgan fingerprint density at radius 2 is 1.83 bits per heavy atom. The molecule has 30 heavy (non-hydrogen) atoms. The number of rotatable bonds is 5. The molecule has 1 atom stereocenters. The summed E-state index contributed by atoms with van der Waals surface area (Å²) in [6.45, 7) is 0. The van der Waals surface area contributed by atoms with Crippen molar-refractivity contribution in [1.82, 2.24) is 0 Å². The zero-order valence-corrected chi connectivity index (χ0v) is 17.0. The van der Waals surface area contributed by atoms with Gasteiger partial charge in [-0.25, -0.2) is 4.39 Å². The third-order valence-corrected chi connectivity index (χ3v) is 5.97. The lowest BCUT2D eigenvalue weighted by atomic mass is 10.1. The summed E-state index contributed by atoms with van der Waals surface area (Å²) in [6, 6.07) is 20.2. The van der Waals surface area contributed by atoms with E-state index in [1.54, 1.807) is 60.5 Å². The van der Waals surface area contributed by atoms with Gasteiger partial charge in [0, 0.05) is 16.9 Å². The van der Waals surface area contributed by atoms with E-state index in [2.05, 4.69) is 5.32 Å². The second kappa shape index (κ2) is 8.59. The van der Waals surface area contributed by atoms with Crippen molar-refractivity contribution in [2.24, 2.45) is 0 Å². The zero-order chi connectivity index (χ0) is 21.1. The van der Waals surface area contributed by atoms with Crippen LogP contribution in [0.15, 0.2) is 72.8 Å². The molecule has 0 aliphatic carbocycles. The molecule has 7 heteroatoms. The number of benzene rings is 3. The lowest BCUT2D eigenvalue weighted by Gasteiger charge is -2.24. The highest BCUT2D eigenvalue weighted by molar-refractivity contribution is 8.00. The van der Waals surface area contributed by atoms with Crippen molar-refractivity contribution in [3.63, 3.8) is 0 Å². The quantitative estimate of drug-likeness (QED) is 0.638. The van der Waals surface area contributed by atoms with Crippen LogP contribution in [0.5, 0.6) is 5.75 Å². The number of nitrogens with zero attached hydrogens (tertiary/aromatic N) is 1. The Balaban J connectivity index is 1.49. The van der Waals surface area contributed by atoms with Gasteiger partial charge in [-0.05, 0) is 60.2 Å². The lowest BCUT2D eigenvalue weighted by molar-refractivity contribution is -0.115. The van der Waals surface area contributed by atoms with Crippen molar-refractivity contribution in [3.8, 4) is 5.75 Å². The molecule has 152 valence electrons. The molecule has 1 fully saturated rings. The minimum Gasteiger partial charge on any atom is -0.497 e. The molecule has 3 aromatic rings. The van der Waals surface area contributed by atoms with Gasteiger partial charge in [-0.3, -0.25) is 14.5 Å². The van der Waals surface area contributed by atoms with Crippen molar-refractivity contribution in [2.75, 3.05) is 23.1 Å². The van der Waals surface area contributed by atoms with Gasteiger partial charge in [0.2, 0.25) is 5.91 Å². The number of carbonyl (C=O) groups is 2. The van der Waals surface area contributed by atoms with E-state index in [0.29, 0.717) is 28.4 Å². The topological polar surface area (TPSA) is 58.6 Å².